The van der Waals surface area contributed by atoms with Gasteiger partial charge in [-0.3, -0.25) is 4.79 Å². The number of nitrogens with zero attached hydrogens (tertiary/aromatic N) is 1. The maximum Gasteiger partial charge on any atom is 0.222 e. The van der Waals surface area contributed by atoms with Crippen LogP contribution in [0.5, 0.6) is 0 Å². The quantitative estimate of drug-likeness (QED) is 0.689. The van der Waals surface area contributed by atoms with Gasteiger partial charge in [-0.25, -0.2) is 0 Å². The molecular formula is C15H32N2O. The van der Waals surface area contributed by atoms with E-state index in [1.54, 1.807) is 0 Å². The molecule has 0 aromatic rings. The van der Waals surface area contributed by atoms with Gasteiger partial charge < -0.3 is 10.6 Å². The van der Waals surface area contributed by atoms with Gasteiger partial charge in [0.25, 0.3) is 0 Å². The lowest BCUT2D eigenvalue weighted by molar-refractivity contribution is -0.134. The van der Waals surface area contributed by atoms with E-state index in [1.807, 2.05) is 0 Å². The fourth-order valence-electron chi connectivity index (χ4n) is 2.21. The average molecular weight is 256 g/mol. The molecule has 1 atom stereocenters. The van der Waals surface area contributed by atoms with Gasteiger partial charge in [-0.05, 0) is 37.6 Å². The Balaban J connectivity index is 4.48. The Hall–Kier alpha value is -0.570. The number of rotatable bonds is 9. The smallest absolute Gasteiger partial charge is 0.222 e. The normalized spacial score (nSPS) is 13.1. The SMILES string of the molecule is CCC(CC)N(CC(C)C)C(=O)CCC(C)CN. The predicted octanol–water partition coefficient (Wildman–Crippen LogP) is 3.03. The predicted molar refractivity (Wildman–Crippen MR) is 78.4 cm³/mol. The summed E-state index contributed by atoms with van der Waals surface area (Å²) in [6.07, 6.45) is 3.63. The average Bonchev–Trinajstić information content (AvgIpc) is 2.35. The van der Waals surface area contributed by atoms with Crippen molar-refractivity contribution in [1.82, 2.24) is 4.90 Å². The lowest BCUT2D eigenvalue weighted by Crippen LogP contribution is -2.42. The molecule has 0 rings (SSSR count). The van der Waals surface area contributed by atoms with Crippen molar-refractivity contribution in [3.05, 3.63) is 0 Å². The van der Waals surface area contributed by atoms with Crippen LogP contribution in [0, 0.1) is 11.8 Å². The minimum Gasteiger partial charge on any atom is -0.339 e. The Morgan fingerprint density at radius 3 is 2.11 bits per heavy atom. The number of hydrogen-bond donors (Lipinski definition) is 1. The molecule has 0 aromatic heterocycles. The van der Waals surface area contributed by atoms with Crippen LogP contribution in [0.3, 0.4) is 0 Å². The monoisotopic (exact) mass is 256 g/mol. The van der Waals surface area contributed by atoms with Crippen molar-refractivity contribution in [2.24, 2.45) is 17.6 Å². The van der Waals surface area contributed by atoms with E-state index >= 15 is 0 Å². The molecule has 1 amide bonds. The molecular weight excluding hydrogens is 224 g/mol. The van der Waals surface area contributed by atoms with Gasteiger partial charge in [0.2, 0.25) is 5.91 Å². The van der Waals surface area contributed by atoms with Crippen LogP contribution in [-0.2, 0) is 4.79 Å². The summed E-state index contributed by atoms with van der Waals surface area (Å²) >= 11 is 0. The number of carbonyl (C=O) groups is 1. The molecule has 0 radical (unpaired) electrons. The highest BCUT2D eigenvalue weighted by Gasteiger charge is 2.21. The van der Waals surface area contributed by atoms with Gasteiger partial charge in [0.1, 0.15) is 0 Å². The molecule has 0 fully saturated rings. The van der Waals surface area contributed by atoms with Gasteiger partial charge in [0, 0.05) is 19.0 Å². The molecule has 0 aromatic carbocycles. The number of hydrogen-bond acceptors (Lipinski definition) is 2. The van der Waals surface area contributed by atoms with Crippen molar-refractivity contribution >= 4 is 5.91 Å². The molecule has 0 bridgehead atoms. The molecule has 3 nitrogen and oxygen atoms in total. The number of nitrogens with two attached hydrogens (primary N) is 1. The van der Waals surface area contributed by atoms with Crippen LogP contribution < -0.4 is 5.73 Å². The summed E-state index contributed by atoms with van der Waals surface area (Å²) in [4.78, 5) is 14.4. The van der Waals surface area contributed by atoms with Crippen LogP contribution in [0.25, 0.3) is 0 Å². The minimum atomic E-state index is 0.303. The van der Waals surface area contributed by atoms with Crippen LogP contribution in [0.2, 0.25) is 0 Å². The third-order valence-corrected chi connectivity index (χ3v) is 3.52. The summed E-state index contributed by atoms with van der Waals surface area (Å²) in [6, 6.07) is 0.396. The fourth-order valence-corrected chi connectivity index (χ4v) is 2.21. The van der Waals surface area contributed by atoms with Crippen molar-refractivity contribution in [3.63, 3.8) is 0 Å². The first kappa shape index (κ1) is 17.4. The number of amides is 1. The zero-order chi connectivity index (χ0) is 14.1. The summed E-state index contributed by atoms with van der Waals surface area (Å²) in [5.41, 5.74) is 5.60. The summed E-state index contributed by atoms with van der Waals surface area (Å²) in [7, 11) is 0. The van der Waals surface area contributed by atoms with Crippen molar-refractivity contribution in [3.8, 4) is 0 Å². The molecule has 0 heterocycles. The van der Waals surface area contributed by atoms with Gasteiger partial charge in [-0.2, -0.15) is 0 Å². The Morgan fingerprint density at radius 2 is 1.72 bits per heavy atom. The third-order valence-electron chi connectivity index (χ3n) is 3.52. The van der Waals surface area contributed by atoms with E-state index in [2.05, 4.69) is 39.5 Å². The molecule has 0 spiro atoms. The summed E-state index contributed by atoms with van der Waals surface area (Å²) in [5, 5.41) is 0. The number of carbonyl (C=O) groups excluding carboxylic acids is 1. The second-order valence-corrected chi connectivity index (χ2v) is 5.79. The van der Waals surface area contributed by atoms with E-state index in [0.717, 1.165) is 25.8 Å². The van der Waals surface area contributed by atoms with E-state index in [4.69, 9.17) is 5.73 Å². The minimum absolute atomic E-state index is 0.303. The van der Waals surface area contributed by atoms with Crippen LogP contribution in [-0.4, -0.2) is 29.9 Å². The highest BCUT2D eigenvalue weighted by molar-refractivity contribution is 5.76. The highest BCUT2D eigenvalue weighted by atomic mass is 16.2. The molecule has 3 heteroatoms. The van der Waals surface area contributed by atoms with Crippen molar-refractivity contribution < 1.29 is 4.79 Å². The van der Waals surface area contributed by atoms with Gasteiger partial charge in [-0.15, -0.1) is 0 Å². The van der Waals surface area contributed by atoms with Crippen LogP contribution in [0.15, 0.2) is 0 Å². The molecule has 0 saturated heterocycles. The van der Waals surface area contributed by atoms with Crippen LogP contribution in [0.1, 0.15) is 60.3 Å². The molecule has 2 N–H and O–H groups in total. The van der Waals surface area contributed by atoms with Gasteiger partial charge in [0.05, 0.1) is 0 Å². The van der Waals surface area contributed by atoms with E-state index in [-0.39, 0.29) is 0 Å². The summed E-state index contributed by atoms with van der Waals surface area (Å²) < 4.78 is 0. The molecule has 108 valence electrons. The van der Waals surface area contributed by atoms with Crippen molar-refractivity contribution in [2.45, 2.75) is 66.3 Å². The second kappa shape index (κ2) is 9.37. The standard InChI is InChI=1S/C15H32N2O/c1-6-14(7-2)17(11-12(3)4)15(18)9-8-13(5)10-16/h12-14H,6-11,16H2,1-5H3. The van der Waals surface area contributed by atoms with E-state index in [1.165, 1.54) is 0 Å². The molecule has 0 aliphatic heterocycles. The lowest BCUT2D eigenvalue weighted by atomic mass is 10.0. The molecule has 0 aliphatic rings. The van der Waals surface area contributed by atoms with Crippen LogP contribution >= 0.6 is 0 Å². The molecule has 0 saturated carbocycles. The van der Waals surface area contributed by atoms with Crippen LogP contribution in [0.4, 0.5) is 0 Å². The van der Waals surface area contributed by atoms with Crippen molar-refractivity contribution in [2.75, 3.05) is 13.1 Å². The Morgan fingerprint density at radius 1 is 1.17 bits per heavy atom. The molecule has 18 heavy (non-hydrogen) atoms. The van der Waals surface area contributed by atoms with E-state index < -0.39 is 0 Å². The Kier molecular flexibility index (Phi) is 9.08. The highest BCUT2D eigenvalue weighted by Crippen LogP contribution is 2.15. The zero-order valence-corrected chi connectivity index (χ0v) is 12.9. The zero-order valence-electron chi connectivity index (χ0n) is 12.9. The Bertz CT molecular complexity index is 225. The molecule has 1 unspecified atom stereocenters. The largest absolute Gasteiger partial charge is 0.339 e. The van der Waals surface area contributed by atoms with Gasteiger partial charge in [-0.1, -0.05) is 34.6 Å². The first-order valence-electron chi connectivity index (χ1n) is 7.45. The van der Waals surface area contributed by atoms with Gasteiger partial charge >= 0.3 is 0 Å². The molecule has 0 aliphatic carbocycles. The first-order chi connectivity index (χ1) is 8.46. The summed E-state index contributed by atoms with van der Waals surface area (Å²) in [6.45, 7) is 12.3. The van der Waals surface area contributed by atoms with Crippen molar-refractivity contribution in [1.29, 1.82) is 0 Å². The maximum absolute atomic E-state index is 12.3. The topological polar surface area (TPSA) is 46.3 Å². The second-order valence-electron chi connectivity index (χ2n) is 5.79. The Labute approximate surface area is 113 Å². The van der Waals surface area contributed by atoms with E-state index in [9.17, 15) is 4.79 Å². The lowest BCUT2D eigenvalue weighted by Gasteiger charge is -2.32. The van der Waals surface area contributed by atoms with Gasteiger partial charge in [0.15, 0.2) is 0 Å². The third kappa shape index (κ3) is 6.39. The maximum atomic E-state index is 12.3. The van der Waals surface area contributed by atoms with E-state index in [0.29, 0.717) is 36.8 Å². The first-order valence-corrected chi connectivity index (χ1v) is 7.45. The fraction of sp³-hybridized carbons (Fsp3) is 0.933. The summed E-state index contributed by atoms with van der Waals surface area (Å²) in [5.74, 6) is 1.27.